The van der Waals surface area contributed by atoms with Gasteiger partial charge in [-0.25, -0.2) is 8.42 Å². The van der Waals surface area contributed by atoms with Crippen molar-refractivity contribution in [3.05, 3.63) is 79.1 Å². The summed E-state index contributed by atoms with van der Waals surface area (Å²) in [5.41, 5.74) is 1.56. The monoisotopic (exact) mass is 317 g/mol. The first kappa shape index (κ1) is 18.0. The fraction of sp³-hybridized carbons (Fsp3) is 0.222. The van der Waals surface area contributed by atoms with Gasteiger partial charge >= 0.3 is 0 Å². The van der Waals surface area contributed by atoms with Gasteiger partial charge < -0.3 is 0 Å². The van der Waals surface area contributed by atoms with Crippen LogP contribution >= 0.6 is 0 Å². The van der Waals surface area contributed by atoms with E-state index >= 15 is 0 Å². The van der Waals surface area contributed by atoms with Crippen LogP contribution in [-0.2, 0) is 16.4 Å². The van der Waals surface area contributed by atoms with Crippen molar-refractivity contribution < 1.29 is 8.42 Å². The second-order valence-corrected chi connectivity index (χ2v) is 6.98. The lowest BCUT2D eigenvalue weighted by Crippen LogP contribution is -2.22. The van der Waals surface area contributed by atoms with Crippen molar-refractivity contribution in [3.8, 4) is 0 Å². The highest BCUT2D eigenvalue weighted by Gasteiger charge is 2.14. The van der Waals surface area contributed by atoms with Crippen LogP contribution in [0.1, 0.15) is 19.4 Å². The highest BCUT2D eigenvalue weighted by molar-refractivity contribution is 7.89. The van der Waals surface area contributed by atoms with Crippen LogP contribution < -0.4 is 4.72 Å². The number of hydrogen-bond acceptors (Lipinski definition) is 2. The number of sulfonamides is 1. The van der Waals surface area contributed by atoms with Gasteiger partial charge in [-0.1, -0.05) is 57.4 Å². The molecule has 0 amide bonds. The Morgan fingerprint density at radius 3 is 2.32 bits per heavy atom. The van der Waals surface area contributed by atoms with Gasteiger partial charge in [0.25, 0.3) is 10.0 Å². The largest absolute Gasteiger partial charge is 0.280 e. The number of benzene rings is 1. The predicted molar refractivity (Wildman–Crippen MR) is 92.9 cm³/mol. The van der Waals surface area contributed by atoms with Crippen LogP contribution in [0.15, 0.2) is 78.4 Å². The van der Waals surface area contributed by atoms with Gasteiger partial charge in [0.15, 0.2) is 0 Å². The molecule has 4 heteroatoms. The van der Waals surface area contributed by atoms with E-state index in [-0.39, 0.29) is 4.90 Å². The molecule has 0 aromatic heterocycles. The van der Waals surface area contributed by atoms with Crippen molar-refractivity contribution in [2.24, 2.45) is 5.92 Å². The lowest BCUT2D eigenvalue weighted by molar-refractivity contribution is 0.589. The molecule has 1 aromatic carbocycles. The number of allylic oxidation sites excluding steroid dienone is 5. The Bertz CT molecular complexity index is 666. The van der Waals surface area contributed by atoms with Gasteiger partial charge in [-0.15, -0.1) is 0 Å². The second-order valence-electron chi connectivity index (χ2n) is 5.30. The molecule has 3 nitrogen and oxygen atoms in total. The molecule has 0 atom stereocenters. The molecule has 1 rings (SSSR count). The molecule has 0 saturated carbocycles. The molecule has 0 unspecified atom stereocenters. The molecule has 0 radical (unpaired) electrons. The summed E-state index contributed by atoms with van der Waals surface area (Å²) >= 11 is 0. The average molecular weight is 317 g/mol. The quantitative estimate of drug-likeness (QED) is 0.737. The predicted octanol–water partition coefficient (Wildman–Crippen LogP) is 3.98. The van der Waals surface area contributed by atoms with Gasteiger partial charge in [-0.2, -0.15) is 0 Å². The van der Waals surface area contributed by atoms with Crippen LogP contribution in [0.4, 0.5) is 0 Å². The Morgan fingerprint density at radius 2 is 1.82 bits per heavy atom. The maximum Gasteiger partial charge on any atom is 0.261 e. The fourth-order valence-corrected chi connectivity index (χ4v) is 2.97. The summed E-state index contributed by atoms with van der Waals surface area (Å²) in [6.45, 7) is 11.4. The molecular weight excluding hydrogens is 294 g/mol. The van der Waals surface area contributed by atoms with Crippen LogP contribution in [-0.4, -0.2) is 8.42 Å². The molecule has 0 fully saturated rings. The van der Waals surface area contributed by atoms with Crippen molar-refractivity contribution in [1.29, 1.82) is 0 Å². The van der Waals surface area contributed by atoms with E-state index in [0.717, 1.165) is 12.0 Å². The zero-order chi connectivity index (χ0) is 16.6. The van der Waals surface area contributed by atoms with Crippen LogP contribution in [0, 0.1) is 5.92 Å². The first-order chi connectivity index (χ1) is 10.4. The van der Waals surface area contributed by atoms with E-state index in [1.54, 1.807) is 36.4 Å². The summed E-state index contributed by atoms with van der Waals surface area (Å²) in [5, 5.41) is 0. The van der Waals surface area contributed by atoms with E-state index in [2.05, 4.69) is 31.7 Å². The molecule has 0 spiro atoms. The molecular formula is C18H23NO2S. The molecule has 22 heavy (non-hydrogen) atoms. The Hall–Kier alpha value is -2.07. The zero-order valence-electron chi connectivity index (χ0n) is 13.1. The number of nitrogens with one attached hydrogen (secondary N) is 1. The third-order valence-electron chi connectivity index (χ3n) is 2.84. The van der Waals surface area contributed by atoms with Gasteiger partial charge in [0, 0.05) is 5.70 Å². The first-order valence-corrected chi connectivity index (χ1v) is 8.61. The third-order valence-corrected chi connectivity index (χ3v) is 4.24. The van der Waals surface area contributed by atoms with Crippen molar-refractivity contribution in [3.63, 3.8) is 0 Å². The molecule has 1 N–H and O–H groups in total. The molecule has 0 bridgehead atoms. The van der Waals surface area contributed by atoms with Gasteiger partial charge in [0.1, 0.15) is 0 Å². The molecule has 1 aromatic rings. The summed E-state index contributed by atoms with van der Waals surface area (Å²) in [7, 11) is -3.61. The van der Waals surface area contributed by atoms with E-state index in [4.69, 9.17) is 0 Å². The average Bonchev–Trinajstić information content (AvgIpc) is 2.44. The molecule has 118 valence electrons. The first-order valence-electron chi connectivity index (χ1n) is 7.12. The second kappa shape index (κ2) is 8.39. The number of hydrogen-bond donors (Lipinski definition) is 1. The molecule has 0 saturated heterocycles. The smallest absolute Gasteiger partial charge is 0.261 e. The topological polar surface area (TPSA) is 46.2 Å². The van der Waals surface area contributed by atoms with Gasteiger partial charge in [-0.05, 0) is 42.2 Å². The van der Waals surface area contributed by atoms with E-state index in [1.807, 2.05) is 12.1 Å². The summed E-state index contributed by atoms with van der Waals surface area (Å²) in [5.74, 6) is 0.534. The maximum atomic E-state index is 12.4. The molecule has 0 aliphatic carbocycles. The van der Waals surface area contributed by atoms with E-state index in [1.165, 1.54) is 6.08 Å². The minimum Gasteiger partial charge on any atom is -0.280 e. The summed E-state index contributed by atoms with van der Waals surface area (Å²) in [6, 6.07) is 6.96. The Kier molecular flexibility index (Phi) is 6.86. The fourth-order valence-electron chi connectivity index (χ4n) is 1.91. The zero-order valence-corrected chi connectivity index (χ0v) is 13.9. The summed E-state index contributed by atoms with van der Waals surface area (Å²) in [6.07, 6.45) is 8.90. The van der Waals surface area contributed by atoms with Gasteiger partial charge in [0.2, 0.25) is 0 Å². The Labute approximate surface area is 133 Å². The van der Waals surface area contributed by atoms with Gasteiger partial charge in [0.05, 0.1) is 4.90 Å². The van der Waals surface area contributed by atoms with E-state index in [0.29, 0.717) is 11.6 Å². The molecule has 0 aliphatic rings. The Balaban J connectivity index is 2.98. The third kappa shape index (κ3) is 5.74. The van der Waals surface area contributed by atoms with Crippen molar-refractivity contribution in [2.75, 3.05) is 0 Å². The molecule has 0 heterocycles. The van der Waals surface area contributed by atoms with E-state index in [9.17, 15) is 8.42 Å². The van der Waals surface area contributed by atoms with Gasteiger partial charge in [-0.3, -0.25) is 4.72 Å². The van der Waals surface area contributed by atoms with Crippen molar-refractivity contribution in [1.82, 2.24) is 4.72 Å². The highest BCUT2D eigenvalue weighted by atomic mass is 32.2. The highest BCUT2D eigenvalue weighted by Crippen LogP contribution is 2.14. The van der Waals surface area contributed by atoms with Crippen LogP contribution in [0.2, 0.25) is 0 Å². The molecule has 0 aliphatic heterocycles. The van der Waals surface area contributed by atoms with Crippen LogP contribution in [0.3, 0.4) is 0 Å². The normalized spacial score (nSPS) is 12.6. The SMILES string of the molecule is C=C/C=C\C(=C/C=C)NS(=O)(=O)c1ccc(CC(C)C)cc1. The van der Waals surface area contributed by atoms with Crippen LogP contribution in [0.25, 0.3) is 0 Å². The maximum absolute atomic E-state index is 12.4. The number of rotatable bonds is 8. The lowest BCUT2D eigenvalue weighted by atomic mass is 10.0. The summed E-state index contributed by atoms with van der Waals surface area (Å²) in [4.78, 5) is 0.238. The van der Waals surface area contributed by atoms with E-state index < -0.39 is 10.0 Å². The van der Waals surface area contributed by atoms with Crippen molar-refractivity contribution >= 4 is 10.0 Å². The minimum absolute atomic E-state index is 0.238. The standard InChI is InChI=1S/C18H23NO2S/c1-5-7-9-17(8-6-2)19-22(20,21)18-12-10-16(11-13-18)14-15(3)4/h5-13,15,19H,1-2,14H2,3-4H3/b9-7-,17-8+. The summed E-state index contributed by atoms with van der Waals surface area (Å²) < 4.78 is 27.3. The van der Waals surface area contributed by atoms with Crippen molar-refractivity contribution in [2.45, 2.75) is 25.2 Å². The Morgan fingerprint density at radius 1 is 1.18 bits per heavy atom. The van der Waals surface area contributed by atoms with Crippen LogP contribution in [0.5, 0.6) is 0 Å². The minimum atomic E-state index is -3.61. The lowest BCUT2D eigenvalue weighted by Gasteiger charge is -2.10.